The summed E-state index contributed by atoms with van der Waals surface area (Å²) in [5.41, 5.74) is 1.79. The van der Waals surface area contributed by atoms with Crippen LogP contribution in [-0.4, -0.2) is 37.4 Å². The molecule has 0 amide bonds. The fourth-order valence-electron chi connectivity index (χ4n) is 3.46. The Kier molecular flexibility index (Phi) is 5.62. The molecule has 2 aromatic carbocycles. The minimum atomic E-state index is -0.541. The first kappa shape index (κ1) is 20.5. The fourth-order valence-corrected chi connectivity index (χ4v) is 3.46. The van der Waals surface area contributed by atoms with E-state index in [1.807, 2.05) is 18.2 Å². The Balaban J connectivity index is 1.73. The molecule has 0 atom stereocenters. The normalized spacial score (nSPS) is 11.0. The van der Waals surface area contributed by atoms with E-state index in [4.69, 9.17) is 18.4 Å². The van der Waals surface area contributed by atoms with Crippen LogP contribution in [0.2, 0.25) is 0 Å². The van der Waals surface area contributed by atoms with E-state index >= 15 is 0 Å². The number of nitrogens with zero attached hydrogens (tertiary/aromatic N) is 3. The van der Waals surface area contributed by atoms with Gasteiger partial charge in [-0.25, -0.2) is 4.79 Å². The molecule has 0 aliphatic heterocycles. The average Bonchev–Trinajstić information content (AvgIpc) is 3.28. The molecule has 0 aliphatic carbocycles. The molecule has 0 saturated carbocycles. The first-order chi connectivity index (χ1) is 15.1. The van der Waals surface area contributed by atoms with Gasteiger partial charge in [0.1, 0.15) is 22.6 Å². The van der Waals surface area contributed by atoms with Gasteiger partial charge in [0.2, 0.25) is 5.82 Å². The monoisotopic (exact) mass is 421 g/mol. The molecule has 0 fully saturated rings. The van der Waals surface area contributed by atoms with Gasteiger partial charge in [-0.1, -0.05) is 5.16 Å². The molecule has 0 N–H and O–H groups in total. The molecule has 4 aromatic rings. The Morgan fingerprint density at radius 2 is 1.77 bits per heavy atom. The van der Waals surface area contributed by atoms with Crippen LogP contribution in [0.1, 0.15) is 13.8 Å². The van der Waals surface area contributed by atoms with Crippen molar-refractivity contribution in [2.45, 2.75) is 13.8 Å². The van der Waals surface area contributed by atoms with Gasteiger partial charge in [0.15, 0.2) is 0 Å². The number of hydrogen-bond acceptors (Lipinski definition) is 8. The van der Waals surface area contributed by atoms with Gasteiger partial charge in [0, 0.05) is 36.3 Å². The number of methoxy groups -OCH3 is 2. The van der Waals surface area contributed by atoms with E-state index in [-0.39, 0.29) is 11.5 Å². The molecule has 0 unspecified atom stereocenters. The van der Waals surface area contributed by atoms with Gasteiger partial charge in [-0.3, -0.25) is 0 Å². The maximum Gasteiger partial charge on any atom is 0.349 e. The number of hydrogen-bond donors (Lipinski definition) is 0. The number of anilines is 1. The first-order valence-corrected chi connectivity index (χ1v) is 9.97. The Bertz CT molecular complexity index is 1270. The van der Waals surface area contributed by atoms with E-state index in [0.717, 1.165) is 24.2 Å². The molecule has 0 bridgehead atoms. The molecule has 4 rings (SSSR count). The lowest BCUT2D eigenvalue weighted by molar-refractivity contribution is 0.394. The second kappa shape index (κ2) is 8.51. The Morgan fingerprint density at radius 1 is 0.968 bits per heavy atom. The van der Waals surface area contributed by atoms with Crippen molar-refractivity contribution >= 4 is 16.7 Å². The second-order valence-corrected chi connectivity index (χ2v) is 6.83. The van der Waals surface area contributed by atoms with Crippen molar-refractivity contribution in [2.75, 3.05) is 32.2 Å². The zero-order chi connectivity index (χ0) is 22.0. The van der Waals surface area contributed by atoms with Crippen LogP contribution in [-0.2, 0) is 0 Å². The molecule has 8 heteroatoms. The van der Waals surface area contributed by atoms with Crippen LogP contribution in [0, 0.1) is 0 Å². The Labute approximate surface area is 179 Å². The van der Waals surface area contributed by atoms with Crippen LogP contribution in [0.25, 0.3) is 33.8 Å². The van der Waals surface area contributed by atoms with Crippen LogP contribution < -0.4 is 20.0 Å². The smallest absolute Gasteiger partial charge is 0.349 e. The van der Waals surface area contributed by atoms with Crippen LogP contribution in [0.4, 0.5) is 5.69 Å². The van der Waals surface area contributed by atoms with E-state index in [9.17, 15) is 4.79 Å². The summed E-state index contributed by atoms with van der Waals surface area (Å²) in [6.45, 7) is 5.89. The van der Waals surface area contributed by atoms with Crippen LogP contribution in [0.15, 0.2) is 56.2 Å². The van der Waals surface area contributed by atoms with Crippen LogP contribution in [0.3, 0.4) is 0 Å². The Morgan fingerprint density at radius 3 is 2.48 bits per heavy atom. The van der Waals surface area contributed by atoms with Crippen molar-refractivity contribution < 1.29 is 18.4 Å². The highest BCUT2D eigenvalue weighted by molar-refractivity contribution is 5.83. The van der Waals surface area contributed by atoms with Crippen LogP contribution >= 0.6 is 0 Å². The molecule has 8 nitrogen and oxygen atoms in total. The van der Waals surface area contributed by atoms with Gasteiger partial charge in [0.25, 0.3) is 5.89 Å². The molecule has 0 aliphatic rings. The molecule has 160 valence electrons. The summed E-state index contributed by atoms with van der Waals surface area (Å²) in [5, 5.41) is 4.78. The zero-order valence-electron chi connectivity index (χ0n) is 17.8. The highest BCUT2D eigenvalue weighted by atomic mass is 16.5. The summed E-state index contributed by atoms with van der Waals surface area (Å²) < 4.78 is 21.6. The van der Waals surface area contributed by atoms with Crippen molar-refractivity contribution in [1.82, 2.24) is 10.1 Å². The molecular formula is C23H23N3O5. The van der Waals surface area contributed by atoms with E-state index in [0.29, 0.717) is 28.5 Å². The lowest BCUT2D eigenvalue weighted by atomic mass is 10.1. The van der Waals surface area contributed by atoms with Gasteiger partial charge < -0.3 is 23.3 Å². The maximum atomic E-state index is 12.7. The van der Waals surface area contributed by atoms with E-state index in [1.54, 1.807) is 38.5 Å². The summed E-state index contributed by atoms with van der Waals surface area (Å²) >= 11 is 0. The minimum absolute atomic E-state index is 0.0799. The molecule has 2 heterocycles. The van der Waals surface area contributed by atoms with E-state index in [1.165, 1.54) is 0 Å². The van der Waals surface area contributed by atoms with Crippen LogP contribution in [0.5, 0.6) is 11.5 Å². The predicted octanol–water partition coefficient (Wildman–Crippen LogP) is 4.37. The number of ether oxygens (including phenoxy) is 2. The van der Waals surface area contributed by atoms with Crippen molar-refractivity contribution in [3.8, 4) is 34.3 Å². The summed E-state index contributed by atoms with van der Waals surface area (Å²) in [7, 11) is 3.12. The highest BCUT2D eigenvalue weighted by Crippen LogP contribution is 2.33. The van der Waals surface area contributed by atoms with E-state index in [2.05, 4.69) is 28.9 Å². The number of benzene rings is 2. The maximum absolute atomic E-state index is 12.7. The molecular weight excluding hydrogens is 398 g/mol. The van der Waals surface area contributed by atoms with Crippen molar-refractivity contribution in [3.05, 3.63) is 52.9 Å². The van der Waals surface area contributed by atoms with E-state index < -0.39 is 5.63 Å². The molecule has 0 saturated heterocycles. The second-order valence-electron chi connectivity index (χ2n) is 6.83. The van der Waals surface area contributed by atoms with Crippen molar-refractivity contribution in [2.24, 2.45) is 0 Å². The summed E-state index contributed by atoms with van der Waals surface area (Å²) in [6, 6.07) is 12.8. The quantitative estimate of drug-likeness (QED) is 0.406. The summed E-state index contributed by atoms with van der Waals surface area (Å²) in [4.78, 5) is 19.2. The topological polar surface area (TPSA) is 90.8 Å². The zero-order valence-corrected chi connectivity index (χ0v) is 17.8. The van der Waals surface area contributed by atoms with Gasteiger partial charge >= 0.3 is 5.63 Å². The SMILES string of the molecule is CCN(CC)c1ccc2cc(-c3nc(-c4ccc(OC)cc4OC)no3)c(=O)oc2c1. The molecule has 0 spiro atoms. The summed E-state index contributed by atoms with van der Waals surface area (Å²) in [6.07, 6.45) is 0. The number of rotatable bonds is 7. The van der Waals surface area contributed by atoms with Gasteiger partial charge in [-0.05, 0) is 44.2 Å². The predicted molar refractivity (Wildman–Crippen MR) is 118 cm³/mol. The lowest BCUT2D eigenvalue weighted by Gasteiger charge is -2.20. The third kappa shape index (κ3) is 3.84. The van der Waals surface area contributed by atoms with Crippen molar-refractivity contribution in [3.63, 3.8) is 0 Å². The standard InChI is InChI=1S/C23H23N3O5/c1-5-26(6-2)15-8-7-14-11-18(23(27)30-19(14)12-15)22-24-21(25-31-22)17-10-9-16(28-3)13-20(17)29-4/h7-13H,5-6H2,1-4H3. The van der Waals surface area contributed by atoms with Gasteiger partial charge in [-0.15, -0.1) is 0 Å². The lowest BCUT2D eigenvalue weighted by Crippen LogP contribution is -2.21. The number of fused-ring (bicyclic) bond motifs is 1. The summed E-state index contributed by atoms with van der Waals surface area (Å²) in [5.74, 6) is 1.55. The third-order valence-electron chi connectivity index (χ3n) is 5.15. The minimum Gasteiger partial charge on any atom is -0.497 e. The highest BCUT2D eigenvalue weighted by Gasteiger charge is 2.19. The first-order valence-electron chi connectivity index (χ1n) is 9.97. The Hall–Kier alpha value is -3.81. The largest absolute Gasteiger partial charge is 0.497 e. The third-order valence-corrected chi connectivity index (χ3v) is 5.15. The number of aromatic nitrogens is 2. The average molecular weight is 421 g/mol. The molecule has 2 aromatic heterocycles. The van der Waals surface area contributed by atoms with Gasteiger partial charge in [-0.2, -0.15) is 4.98 Å². The fraction of sp³-hybridized carbons (Fsp3) is 0.261. The molecule has 31 heavy (non-hydrogen) atoms. The van der Waals surface area contributed by atoms with Crippen molar-refractivity contribution in [1.29, 1.82) is 0 Å². The van der Waals surface area contributed by atoms with Gasteiger partial charge in [0.05, 0.1) is 19.8 Å². The molecule has 0 radical (unpaired) electrons.